The van der Waals surface area contributed by atoms with Crippen LogP contribution in [0.1, 0.15) is 25.5 Å². The summed E-state index contributed by atoms with van der Waals surface area (Å²) in [4.78, 5) is 2.15. The lowest BCUT2D eigenvalue weighted by atomic mass is 10.1. The van der Waals surface area contributed by atoms with E-state index < -0.39 is 6.36 Å². The SMILES string of the molecule is CCN(CC)C(CN)c1ccc(OC(F)(F)F)cc1. The highest BCUT2D eigenvalue weighted by Crippen LogP contribution is 2.26. The third-order valence-corrected chi connectivity index (χ3v) is 2.97. The van der Waals surface area contributed by atoms with Gasteiger partial charge in [-0.3, -0.25) is 4.90 Å². The summed E-state index contributed by atoms with van der Waals surface area (Å²) in [5.41, 5.74) is 6.63. The van der Waals surface area contributed by atoms with Crippen molar-refractivity contribution in [2.24, 2.45) is 5.73 Å². The quantitative estimate of drug-likeness (QED) is 0.868. The van der Waals surface area contributed by atoms with Gasteiger partial charge in [0, 0.05) is 12.6 Å². The Hall–Kier alpha value is -1.27. The first-order valence-corrected chi connectivity index (χ1v) is 6.21. The van der Waals surface area contributed by atoms with E-state index in [1.807, 2.05) is 13.8 Å². The van der Waals surface area contributed by atoms with Crippen molar-refractivity contribution in [3.8, 4) is 5.75 Å². The summed E-state index contributed by atoms with van der Waals surface area (Å²) in [6.45, 7) is 6.13. The molecule has 0 bridgehead atoms. The van der Waals surface area contributed by atoms with E-state index in [1.165, 1.54) is 12.1 Å². The summed E-state index contributed by atoms with van der Waals surface area (Å²) < 4.78 is 40.0. The van der Waals surface area contributed by atoms with Crippen molar-refractivity contribution in [1.82, 2.24) is 4.90 Å². The number of hydrogen-bond acceptors (Lipinski definition) is 3. The van der Waals surface area contributed by atoms with E-state index >= 15 is 0 Å². The smallest absolute Gasteiger partial charge is 0.406 e. The van der Waals surface area contributed by atoms with Crippen LogP contribution in [0.15, 0.2) is 24.3 Å². The highest BCUT2D eigenvalue weighted by atomic mass is 19.4. The molecule has 0 aromatic heterocycles. The second-order valence-electron chi connectivity index (χ2n) is 4.09. The van der Waals surface area contributed by atoms with Crippen LogP contribution in [0.5, 0.6) is 5.75 Å². The normalized spacial score (nSPS) is 13.6. The van der Waals surface area contributed by atoms with Crippen LogP contribution in [0.3, 0.4) is 0 Å². The number of hydrogen-bond donors (Lipinski definition) is 1. The Bertz CT molecular complexity index is 374. The number of likely N-dealkylation sites (N-methyl/N-ethyl adjacent to an activating group) is 1. The minimum atomic E-state index is -4.66. The summed E-state index contributed by atoms with van der Waals surface area (Å²) >= 11 is 0. The topological polar surface area (TPSA) is 38.5 Å². The van der Waals surface area contributed by atoms with E-state index in [2.05, 4.69) is 9.64 Å². The Balaban J connectivity index is 2.84. The van der Waals surface area contributed by atoms with Gasteiger partial charge in [-0.1, -0.05) is 26.0 Å². The second kappa shape index (κ2) is 6.77. The monoisotopic (exact) mass is 276 g/mol. The van der Waals surface area contributed by atoms with Gasteiger partial charge >= 0.3 is 6.36 Å². The van der Waals surface area contributed by atoms with Gasteiger partial charge in [0.1, 0.15) is 5.75 Å². The molecule has 0 aliphatic rings. The van der Waals surface area contributed by atoms with Crippen molar-refractivity contribution in [3.63, 3.8) is 0 Å². The van der Waals surface area contributed by atoms with Gasteiger partial charge in [-0.2, -0.15) is 0 Å². The summed E-state index contributed by atoms with van der Waals surface area (Å²) in [5, 5.41) is 0. The van der Waals surface area contributed by atoms with Gasteiger partial charge in [0.2, 0.25) is 0 Å². The molecule has 0 saturated carbocycles. The number of halogens is 3. The molecular formula is C13H19F3N2O. The Kier molecular flexibility index (Phi) is 5.62. The molecule has 0 aliphatic heterocycles. The minimum Gasteiger partial charge on any atom is -0.406 e. The lowest BCUT2D eigenvalue weighted by Gasteiger charge is -2.29. The number of ether oxygens (including phenoxy) is 1. The van der Waals surface area contributed by atoms with Crippen LogP contribution >= 0.6 is 0 Å². The van der Waals surface area contributed by atoms with Gasteiger partial charge in [-0.25, -0.2) is 0 Å². The van der Waals surface area contributed by atoms with E-state index in [4.69, 9.17) is 5.73 Å². The molecule has 0 fully saturated rings. The zero-order chi connectivity index (χ0) is 14.5. The third kappa shape index (κ3) is 4.72. The summed E-state index contributed by atoms with van der Waals surface area (Å²) in [6.07, 6.45) is -4.66. The van der Waals surface area contributed by atoms with Crippen LogP contribution in [0.2, 0.25) is 0 Å². The van der Waals surface area contributed by atoms with Crippen LogP contribution in [0.4, 0.5) is 13.2 Å². The van der Waals surface area contributed by atoms with Gasteiger partial charge in [0.05, 0.1) is 0 Å². The number of alkyl halides is 3. The molecule has 0 spiro atoms. The average Bonchev–Trinajstić information content (AvgIpc) is 2.35. The molecular weight excluding hydrogens is 257 g/mol. The molecule has 0 aliphatic carbocycles. The van der Waals surface area contributed by atoms with Crippen molar-refractivity contribution in [1.29, 1.82) is 0 Å². The van der Waals surface area contributed by atoms with Crippen molar-refractivity contribution >= 4 is 0 Å². The number of nitrogens with zero attached hydrogens (tertiary/aromatic N) is 1. The fraction of sp³-hybridized carbons (Fsp3) is 0.538. The molecule has 6 heteroatoms. The van der Waals surface area contributed by atoms with E-state index in [1.54, 1.807) is 12.1 Å². The Morgan fingerprint density at radius 1 is 1.16 bits per heavy atom. The molecule has 1 aromatic rings. The van der Waals surface area contributed by atoms with Gasteiger partial charge in [0.15, 0.2) is 0 Å². The fourth-order valence-electron chi connectivity index (χ4n) is 2.05. The Labute approximate surface area is 111 Å². The number of nitrogens with two attached hydrogens (primary N) is 1. The molecule has 1 aromatic carbocycles. The highest BCUT2D eigenvalue weighted by molar-refractivity contribution is 5.29. The van der Waals surface area contributed by atoms with Gasteiger partial charge in [-0.15, -0.1) is 13.2 Å². The zero-order valence-electron chi connectivity index (χ0n) is 11.1. The van der Waals surface area contributed by atoms with E-state index in [-0.39, 0.29) is 11.8 Å². The molecule has 2 N–H and O–H groups in total. The molecule has 0 saturated heterocycles. The van der Waals surface area contributed by atoms with E-state index in [0.29, 0.717) is 6.54 Å². The molecule has 0 radical (unpaired) electrons. The first-order chi connectivity index (χ1) is 8.91. The van der Waals surface area contributed by atoms with Crippen LogP contribution in [0.25, 0.3) is 0 Å². The number of rotatable bonds is 6. The standard InChI is InChI=1S/C13H19F3N2O/c1-3-18(4-2)12(9-17)10-5-7-11(8-6-10)19-13(14,15)16/h5-8,12H,3-4,9,17H2,1-2H3. The Morgan fingerprint density at radius 3 is 2.05 bits per heavy atom. The van der Waals surface area contributed by atoms with Crippen molar-refractivity contribution in [2.75, 3.05) is 19.6 Å². The van der Waals surface area contributed by atoms with Crippen molar-refractivity contribution in [2.45, 2.75) is 26.3 Å². The first kappa shape index (κ1) is 15.8. The van der Waals surface area contributed by atoms with Crippen LogP contribution < -0.4 is 10.5 Å². The molecule has 0 heterocycles. The molecule has 3 nitrogen and oxygen atoms in total. The van der Waals surface area contributed by atoms with Crippen LogP contribution in [-0.4, -0.2) is 30.9 Å². The van der Waals surface area contributed by atoms with Crippen molar-refractivity contribution < 1.29 is 17.9 Å². The summed E-state index contributed by atoms with van der Waals surface area (Å²) in [6, 6.07) is 5.88. The maximum absolute atomic E-state index is 12.1. The molecule has 1 atom stereocenters. The summed E-state index contributed by atoms with van der Waals surface area (Å²) in [5.74, 6) is -0.216. The van der Waals surface area contributed by atoms with E-state index in [0.717, 1.165) is 18.7 Å². The summed E-state index contributed by atoms with van der Waals surface area (Å²) in [7, 11) is 0. The zero-order valence-corrected chi connectivity index (χ0v) is 11.1. The number of benzene rings is 1. The maximum atomic E-state index is 12.1. The van der Waals surface area contributed by atoms with Crippen LogP contribution in [-0.2, 0) is 0 Å². The fourth-order valence-corrected chi connectivity index (χ4v) is 2.05. The first-order valence-electron chi connectivity index (χ1n) is 6.21. The largest absolute Gasteiger partial charge is 0.573 e. The van der Waals surface area contributed by atoms with E-state index in [9.17, 15) is 13.2 Å². The lowest BCUT2D eigenvalue weighted by Crippen LogP contribution is -2.33. The van der Waals surface area contributed by atoms with Gasteiger partial charge in [-0.05, 0) is 30.8 Å². The second-order valence-corrected chi connectivity index (χ2v) is 4.09. The highest BCUT2D eigenvalue weighted by Gasteiger charge is 2.31. The third-order valence-electron chi connectivity index (χ3n) is 2.97. The molecule has 1 unspecified atom stereocenters. The predicted molar refractivity (Wildman–Crippen MR) is 67.8 cm³/mol. The minimum absolute atomic E-state index is 0.00920. The molecule has 1 rings (SSSR count). The van der Waals surface area contributed by atoms with Crippen LogP contribution in [0, 0.1) is 0 Å². The molecule has 0 amide bonds. The maximum Gasteiger partial charge on any atom is 0.573 e. The predicted octanol–water partition coefficient (Wildman–Crippen LogP) is 2.93. The van der Waals surface area contributed by atoms with Gasteiger partial charge < -0.3 is 10.5 Å². The Morgan fingerprint density at radius 2 is 1.68 bits per heavy atom. The van der Waals surface area contributed by atoms with Crippen molar-refractivity contribution in [3.05, 3.63) is 29.8 Å². The van der Waals surface area contributed by atoms with Gasteiger partial charge in [0.25, 0.3) is 0 Å². The average molecular weight is 276 g/mol. The lowest BCUT2D eigenvalue weighted by molar-refractivity contribution is -0.274. The molecule has 19 heavy (non-hydrogen) atoms. The molecule has 108 valence electrons.